The van der Waals surface area contributed by atoms with Gasteiger partial charge in [0.2, 0.25) is 5.91 Å². The summed E-state index contributed by atoms with van der Waals surface area (Å²) in [7, 11) is 0. The summed E-state index contributed by atoms with van der Waals surface area (Å²) in [5.41, 5.74) is 8.13. The van der Waals surface area contributed by atoms with E-state index in [2.05, 4.69) is 0 Å². The van der Waals surface area contributed by atoms with Gasteiger partial charge >= 0.3 is 0 Å². The third-order valence-electron chi connectivity index (χ3n) is 5.38. The largest absolute Gasteiger partial charge is 0.319 e. The number of halogens is 3. The number of anilines is 1. The van der Waals surface area contributed by atoms with Gasteiger partial charge in [-0.05, 0) is 41.8 Å². The molecule has 0 aromatic heterocycles. The number of rotatable bonds is 6. The van der Waals surface area contributed by atoms with Crippen LogP contribution in [0.1, 0.15) is 27.9 Å². The number of Topliss-reactive ketones (excluding diaryl/α,β-unsaturated/α-hetero) is 1. The molecule has 2 N–H and O–H groups in total. The lowest BCUT2D eigenvalue weighted by atomic mass is 10.0. The van der Waals surface area contributed by atoms with Crippen molar-refractivity contribution in [2.75, 3.05) is 10.7 Å². The van der Waals surface area contributed by atoms with Crippen molar-refractivity contribution in [1.82, 2.24) is 0 Å². The standard InChI is InChI=1S/C25H22F2N2O2S.ClH/c26-18-9-6-17(7-10-18)14-29-22-12-19(23(30)11-8-16-4-2-1-3-5-16)20(27)13-24(22)32-15-21(28)25(29)31;/h1-7,9-10,12-13,21H,8,11,14-15,28H2;1H/t21-;/m0./s1. The fraction of sp³-hybridized carbons (Fsp3) is 0.200. The molecule has 1 heterocycles. The maximum Gasteiger partial charge on any atom is 0.245 e. The second-order valence-corrected chi connectivity index (χ2v) is 8.74. The van der Waals surface area contributed by atoms with E-state index in [1.807, 2.05) is 30.3 Å². The monoisotopic (exact) mass is 488 g/mol. The van der Waals surface area contributed by atoms with E-state index in [0.29, 0.717) is 28.3 Å². The van der Waals surface area contributed by atoms with Crippen molar-refractivity contribution in [1.29, 1.82) is 0 Å². The Balaban J connectivity index is 0.00000306. The third kappa shape index (κ3) is 5.79. The highest BCUT2D eigenvalue weighted by Crippen LogP contribution is 2.37. The summed E-state index contributed by atoms with van der Waals surface area (Å²) in [6.07, 6.45) is 0.645. The highest BCUT2D eigenvalue weighted by atomic mass is 35.5. The van der Waals surface area contributed by atoms with Gasteiger partial charge in [0.15, 0.2) is 5.78 Å². The molecule has 33 heavy (non-hydrogen) atoms. The van der Waals surface area contributed by atoms with Crippen molar-refractivity contribution in [2.45, 2.75) is 30.3 Å². The van der Waals surface area contributed by atoms with Gasteiger partial charge in [-0.15, -0.1) is 24.2 Å². The minimum atomic E-state index is -0.770. The zero-order valence-corrected chi connectivity index (χ0v) is 19.3. The number of nitrogens with two attached hydrogens (primary N) is 1. The first kappa shape index (κ1) is 24.9. The third-order valence-corrected chi connectivity index (χ3v) is 6.54. The van der Waals surface area contributed by atoms with Crippen molar-refractivity contribution in [3.8, 4) is 0 Å². The normalized spacial score (nSPS) is 15.4. The summed E-state index contributed by atoms with van der Waals surface area (Å²) in [5.74, 6) is -1.35. The van der Waals surface area contributed by atoms with E-state index >= 15 is 0 Å². The van der Waals surface area contributed by atoms with Crippen molar-refractivity contribution < 1.29 is 18.4 Å². The van der Waals surface area contributed by atoms with E-state index < -0.39 is 11.9 Å². The Bertz CT molecular complexity index is 1140. The van der Waals surface area contributed by atoms with Crippen LogP contribution in [0, 0.1) is 11.6 Å². The molecule has 1 aliphatic rings. The highest BCUT2D eigenvalue weighted by Gasteiger charge is 2.30. The molecule has 4 nitrogen and oxygen atoms in total. The number of benzene rings is 3. The first-order chi connectivity index (χ1) is 15.4. The molecule has 0 saturated heterocycles. The number of amides is 1. The van der Waals surface area contributed by atoms with Crippen LogP contribution in [-0.2, 0) is 17.8 Å². The maximum atomic E-state index is 14.9. The van der Waals surface area contributed by atoms with Crippen LogP contribution in [-0.4, -0.2) is 23.5 Å². The molecule has 0 bridgehead atoms. The lowest BCUT2D eigenvalue weighted by Gasteiger charge is -2.25. The second kappa shape index (κ2) is 10.9. The van der Waals surface area contributed by atoms with Gasteiger partial charge in [0.25, 0.3) is 0 Å². The Morgan fingerprint density at radius 2 is 1.73 bits per heavy atom. The first-order valence-electron chi connectivity index (χ1n) is 10.3. The second-order valence-electron chi connectivity index (χ2n) is 7.68. The van der Waals surface area contributed by atoms with Crippen LogP contribution in [0.4, 0.5) is 14.5 Å². The van der Waals surface area contributed by atoms with Gasteiger partial charge in [-0.1, -0.05) is 42.5 Å². The lowest BCUT2D eigenvalue weighted by Crippen LogP contribution is -2.44. The van der Waals surface area contributed by atoms with Gasteiger partial charge in [0.1, 0.15) is 11.6 Å². The minimum Gasteiger partial charge on any atom is -0.319 e. The van der Waals surface area contributed by atoms with Crippen LogP contribution < -0.4 is 10.6 Å². The summed E-state index contributed by atoms with van der Waals surface area (Å²) in [5, 5.41) is 0. The maximum absolute atomic E-state index is 14.9. The molecule has 0 saturated carbocycles. The number of fused-ring (bicyclic) bond motifs is 1. The van der Waals surface area contributed by atoms with Gasteiger partial charge < -0.3 is 10.6 Å². The molecule has 0 fully saturated rings. The number of ketones is 1. The fourth-order valence-corrected chi connectivity index (χ4v) is 4.63. The van der Waals surface area contributed by atoms with Crippen molar-refractivity contribution in [3.05, 3.63) is 95.1 Å². The van der Waals surface area contributed by atoms with E-state index in [4.69, 9.17) is 5.73 Å². The molecule has 1 atom stereocenters. The van der Waals surface area contributed by atoms with Crippen LogP contribution in [0.2, 0.25) is 0 Å². The molecule has 0 aliphatic carbocycles. The van der Waals surface area contributed by atoms with E-state index in [-0.39, 0.29) is 48.4 Å². The van der Waals surface area contributed by atoms with Gasteiger partial charge in [0, 0.05) is 17.1 Å². The zero-order valence-electron chi connectivity index (χ0n) is 17.7. The quantitative estimate of drug-likeness (QED) is 0.486. The molecule has 1 amide bonds. The lowest BCUT2D eigenvalue weighted by molar-refractivity contribution is -0.119. The van der Waals surface area contributed by atoms with E-state index in [9.17, 15) is 18.4 Å². The molecular weight excluding hydrogens is 466 g/mol. The number of hydrogen-bond acceptors (Lipinski definition) is 4. The predicted octanol–water partition coefficient (Wildman–Crippen LogP) is 5.17. The Hall–Kier alpha value is -2.74. The number of nitrogens with zero attached hydrogens (tertiary/aromatic N) is 1. The first-order valence-corrected chi connectivity index (χ1v) is 11.3. The smallest absolute Gasteiger partial charge is 0.245 e. The van der Waals surface area contributed by atoms with Crippen molar-refractivity contribution >= 4 is 41.5 Å². The summed E-state index contributed by atoms with van der Waals surface area (Å²) >= 11 is 1.28. The minimum absolute atomic E-state index is 0. The average molecular weight is 489 g/mol. The van der Waals surface area contributed by atoms with Gasteiger partial charge in [-0.2, -0.15) is 0 Å². The molecule has 3 aromatic carbocycles. The van der Waals surface area contributed by atoms with Gasteiger partial charge in [-0.25, -0.2) is 8.78 Å². The molecule has 172 valence electrons. The molecule has 1 aliphatic heterocycles. The summed E-state index contributed by atoms with van der Waals surface area (Å²) in [6, 6.07) is 17.3. The highest BCUT2D eigenvalue weighted by molar-refractivity contribution is 7.99. The van der Waals surface area contributed by atoms with Crippen LogP contribution in [0.15, 0.2) is 71.6 Å². The predicted molar refractivity (Wildman–Crippen MR) is 129 cm³/mol. The van der Waals surface area contributed by atoms with Crippen molar-refractivity contribution in [3.63, 3.8) is 0 Å². The molecule has 8 heteroatoms. The topological polar surface area (TPSA) is 63.4 Å². The Labute approximate surface area is 201 Å². The SMILES string of the molecule is Cl.N[C@H]1CSc2cc(F)c(C(=O)CCc3ccccc3)cc2N(Cc2ccc(F)cc2)C1=O. The summed E-state index contributed by atoms with van der Waals surface area (Å²) in [6.45, 7) is 0.143. The number of aryl methyl sites for hydroxylation is 1. The van der Waals surface area contributed by atoms with E-state index in [0.717, 1.165) is 5.56 Å². The van der Waals surface area contributed by atoms with Gasteiger partial charge in [-0.3, -0.25) is 9.59 Å². The van der Waals surface area contributed by atoms with E-state index in [1.54, 1.807) is 12.1 Å². The Kier molecular flexibility index (Phi) is 8.24. The number of hydrogen-bond donors (Lipinski definition) is 1. The Morgan fingerprint density at radius 3 is 2.42 bits per heavy atom. The molecule has 0 spiro atoms. The zero-order chi connectivity index (χ0) is 22.7. The molecule has 3 aromatic rings. The van der Waals surface area contributed by atoms with Crippen molar-refractivity contribution in [2.24, 2.45) is 5.73 Å². The molecule has 4 rings (SSSR count). The van der Waals surface area contributed by atoms with Crippen LogP contribution >= 0.6 is 24.2 Å². The van der Waals surface area contributed by atoms with Crippen LogP contribution in [0.3, 0.4) is 0 Å². The summed E-state index contributed by atoms with van der Waals surface area (Å²) < 4.78 is 28.2. The number of carbonyl (C=O) groups is 2. The van der Waals surface area contributed by atoms with Crippen LogP contribution in [0.25, 0.3) is 0 Å². The van der Waals surface area contributed by atoms with Gasteiger partial charge in [0.05, 0.1) is 23.8 Å². The molecule has 0 unspecified atom stereocenters. The summed E-state index contributed by atoms with van der Waals surface area (Å²) in [4.78, 5) is 27.8. The fourth-order valence-electron chi connectivity index (χ4n) is 3.63. The van der Waals surface area contributed by atoms with E-state index in [1.165, 1.54) is 40.9 Å². The molecule has 0 radical (unpaired) electrons. The van der Waals surface area contributed by atoms with Crippen LogP contribution in [0.5, 0.6) is 0 Å². The number of thioether (sulfide) groups is 1. The average Bonchev–Trinajstić information content (AvgIpc) is 2.91. The number of carbonyl (C=O) groups excluding carboxylic acids is 2. The molecular formula is C25H23ClF2N2O2S. The Morgan fingerprint density at radius 1 is 1.03 bits per heavy atom.